The Balaban J connectivity index is 1.98. The fraction of sp³-hybridized carbons (Fsp3) is 0.600. The van der Waals surface area contributed by atoms with Gasteiger partial charge < -0.3 is 5.73 Å². The van der Waals surface area contributed by atoms with Gasteiger partial charge in [-0.2, -0.15) is 0 Å². The molecule has 1 aliphatic rings. The molecular weight excluding hydrogens is 258 g/mol. The average molecular weight is 281 g/mol. The summed E-state index contributed by atoms with van der Waals surface area (Å²) in [5.41, 5.74) is 8.61. The van der Waals surface area contributed by atoms with Crippen molar-refractivity contribution >= 4 is 9.84 Å². The second-order valence-electron chi connectivity index (χ2n) is 5.93. The van der Waals surface area contributed by atoms with Crippen molar-refractivity contribution in [1.29, 1.82) is 0 Å². The Bertz CT molecular complexity index is 520. The van der Waals surface area contributed by atoms with Crippen LogP contribution < -0.4 is 5.73 Å². The molecule has 4 heteroatoms. The molecule has 1 saturated heterocycles. The highest BCUT2D eigenvalue weighted by atomic mass is 32.2. The van der Waals surface area contributed by atoms with E-state index in [1.165, 1.54) is 5.56 Å². The summed E-state index contributed by atoms with van der Waals surface area (Å²) in [6.45, 7) is 4.33. The smallest absolute Gasteiger partial charge is 0.150 e. The van der Waals surface area contributed by atoms with E-state index < -0.39 is 9.84 Å². The lowest BCUT2D eigenvalue weighted by Crippen LogP contribution is -2.16. The number of sulfone groups is 1. The Morgan fingerprint density at radius 3 is 2.26 bits per heavy atom. The molecule has 0 saturated carbocycles. The van der Waals surface area contributed by atoms with Crippen molar-refractivity contribution in [2.45, 2.75) is 38.6 Å². The second-order valence-corrected chi connectivity index (χ2v) is 8.16. The van der Waals surface area contributed by atoms with Gasteiger partial charge in [0.2, 0.25) is 0 Å². The third-order valence-electron chi connectivity index (χ3n) is 3.95. The lowest BCUT2D eigenvalue weighted by atomic mass is 9.93. The maximum Gasteiger partial charge on any atom is 0.150 e. The Morgan fingerprint density at radius 2 is 1.79 bits per heavy atom. The van der Waals surface area contributed by atoms with Crippen LogP contribution in [0.5, 0.6) is 0 Å². The molecular formula is C15H23NO2S. The Hall–Kier alpha value is -0.870. The number of nitrogens with two attached hydrogens (primary N) is 1. The number of hydrogen-bond acceptors (Lipinski definition) is 3. The molecule has 0 aromatic heterocycles. The highest BCUT2D eigenvalue weighted by molar-refractivity contribution is 7.91. The summed E-state index contributed by atoms with van der Waals surface area (Å²) in [5, 5.41) is 0. The number of benzene rings is 1. The molecule has 2 rings (SSSR count). The molecule has 19 heavy (non-hydrogen) atoms. The van der Waals surface area contributed by atoms with Gasteiger partial charge in [-0.25, -0.2) is 8.42 Å². The monoisotopic (exact) mass is 281 g/mol. The van der Waals surface area contributed by atoms with E-state index in [-0.39, 0.29) is 12.0 Å². The van der Waals surface area contributed by atoms with E-state index in [1.807, 2.05) is 0 Å². The van der Waals surface area contributed by atoms with Gasteiger partial charge in [0.1, 0.15) is 0 Å². The zero-order chi connectivity index (χ0) is 14.0. The first-order chi connectivity index (χ1) is 8.87. The molecule has 106 valence electrons. The second kappa shape index (κ2) is 5.63. The van der Waals surface area contributed by atoms with E-state index in [1.54, 1.807) is 0 Å². The van der Waals surface area contributed by atoms with Gasteiger partial charge in [0.05, 0.1) is 11.5 Å². The van der Waals surface area contributed by atoms with Crippen molar-refractivity contribution in [2.24, 2.45) is 11.7 Å². The van der Waals surface area contributed by atoms with Crippen LogP contribution in [0.3, 0.4) is 0 Å². The van der Waals surface area contributed by atoms with E-state index in [0.717, 1.165) is 18.4 Å². The van der Waals surface area contributed by atoms with Gasteiger partial charge in [0, 0.05) is 6.04 Å². The highest BCUT2D eigenvalue weighted by Crippen LogP contribution is 2.28. The van der Waals surface area contributed by atoms with Gasteiger partial charge in [-0.15, -0.1) is 0 Å². The van der Waals surface area contributed by atoms with Crippen LogP contribution in [0, 0.1) is 5.92 Å². The maximum absolute atomic E-state index is 11.4. The quantitative estimate of drug-likeness (QED) is 0.923. The minimum Gasteiger partial charge on any atom is -0.324 e. The van der Waals surface area contributed by atoms with E-state index in [4.69, 9.17) is 5.73 Å². The van der Waals surface area contributed by atoms with E-state index >= 15 is 0 Å². The summed E-state index contributed by atoms with van der Waals surface area (Å²) < 4.78 is 22.9. The summed E-state index contributed by atoms with van der Waals surface area (Å²) in [6.07, 6.45) is 1.53. The van der Waals surface area contributed by atoms with E-state index in [9.17, 15) is 8.42 Å². The molecule has 0 amide bonds. The van der Waals surface area contributed by atoms with Crippen LogP contribution in [-0.4, -0.2) is 19.9 Å². The van der Waals surface area contributed by atoms with Crippen LogP contribution in [0.1, 0.15) is 49.8 Å². The van der Waals surface area contributed by atoms with Gasteiger partial charge in [-0.3, -0.25) is 0 Å². The number of rotatable bonds is 4. The SMILES string of the molecule is CC(C)c1ccc(C(N)CC2CCS(=O)(=O)C2)cc1. The summed E-state index contributed by atoms with van der Waals surface area (Å²) in [7, 11) is -2.80. The van der Waals surface area contributed by atoms with Crippen LogP contribution in [0.15, 0.2) is 24.3 Å². The van der Waals surface area contributed by atoms with Gasteiger partial charge in [-0.05, 0) is 35.8 Å². The largest absolute Gasteiger partial charge is 0.324 e. The first-order valence-corrected chi connectivity index (χ1v) is 8.75. The predicted octanol–water partition coefficient (Wildman–Crippen LogP) is 2.63. The first-order valence-electron chi connectivity index (χ1n) is 6.93. The molecule has 1 fully saturated rings. The molecule has 0 bridgehead atoms. The molecule has 1 aliphatic heterocycles. The molecule has 1 heterocycles. The third-order valence-corrected chi connectivity index (χ3v) is 5.78. The molecule has 3 nitrogen and oxygen atoms in total. The van der Waals surface area contributed by atoms with Crippen molar-refractivity contribution in [1.82, 2.24) is 0 Å². The standard InChI is InChI=1S/C15H23NO2S/c1-11(2)13-3-5-14(6-4-13)15(16)9-12-7-8-19(17,18)10-12/h3-6,11-12,15H,7-10,16H2,1-2H3. The Kier molecular flexibility index (Phi) is 4.31. The van der Waals surface area contributed by atoms with E-state index in [2.05, 4.69) is 38.1 Å². The predicted molar refractivity (Wildman–Crippen MR) is 78.8 cm³/mol. The normalized spacial score (nSPS) is 23.7. The third kappa shape index (κ3) is 3.80. The Labute approximate surface area is 116 Å². The maximum atomic E-state index is 11.4. The van der Waals surface area contributed by atoms with Crippen LogP contribution in [0.25, 0.3) is 0 Å². The van der Waals surface area contributed by atoms with Gasteiger partial charge in [0.25, 0.3) is 0 Å². The summed E-state index contributed by atoms with van der Waals surface area (Å²) in [5.74, 6) is 1.39. The first kappa shape index (κ1) is 14.5. The topological polar surface area (TPSA) is 60.2 Å². The van der Waals surface area contributed by atoms with Crippen molar-refractivity contribution in [2.75, 3.05) is 11.5 Å². The van der Waals surface area contributed by atoms with Crippen LogP contribution in [0.4, 0.5) is 0 Å². The van der Waals surface area contributed by atoms with E-state index in [0.29, 0.717) is 17.4 Å². The fourth-order valence-electron chi connectivity index (χ4n) is 2.68. The number of hydrogen-bond donors (Lipinski definition) is 1. The molecule has 2 N–H and O–H groups in total. The molecule has 0 spiro atoms. The van der Waals surface area contributed by atoms with Crippen LogP contribution in [0.2, 0.25) is 0 Å². The van der Waals surface area contributed by atoms with Crippen LogP contribution in [-0.2, 0) is 9.84 Å². The van der Waals surface area contributed by atoms with Crippen LogP contribution >= 0.6 is 0 Å². The van der Waals surface area contributed by atoms with Crippen molar-refractivity contribution < 1.29 is 8.42 Å². The average Bonchev–Trinajstić information content (AvgIpc) is 2.68. The minimum absolute atomic E-state index is 0.0560. The lowest BCUT2D eigenvalue weighted by Gasteiger charge is -2.16. The van der Waals surface area contributed by atoms with Gasteiger partial charge >= 0.3 is 0 Å². The molecule has 0 aliphatic carbocycles. The van der Waals surface area contributed by atoms with Crippen molar-refractivity contribution in [3.8, 4) is 0 Å². The molecule has 2 atom stereocenters. The molecule has 1 aromatic carbocycles. The Morgan fingerprint density at radius 1 is 1.21 bits per heavy atom. The zero-order valence-electron chi connectivity index (χ0n) is 11.7. The van der Waals surface area contributed by atoms with Crippen molar-refractivity contribution in [3.63, 3.8) is 0 Å². The van der Waals surface area contributed by atoms with Gasteiger partial charge in [0.15, 0.2) is 9.84 Å². The highest BCUT2D eigenvalue weighted by Gasteiger charge is 2.29. The zero-order valence-corrected chi connectivity index (χ0v) is 12.5. The minimum atomic E-state index is -2.80. The summed E-state index contributed by atoms with van der Waals surface area (Å²) in [6, 6.07) is 8.32. The summed E-state index contributed by atoms with van der Waals surface area (Å²) in [4.78, 5) is 0. The molecule has 1 aromatic rings. The van der Waals surface area contributed by atoms with Gasteiger partial charge in [-0.1, -0.05) is 38.1 Å². The molecule has 2 unspecified atom stereocenters. The van der Waals surface area contributed by atoms with Crippen molar-refractivity contribution in [3.05, 3.63) is 35.4 Å². The lowest BCUT2D eigenvalue weighted by molar-refractivity contribution is 0.481. The summed E-state index contributed by atoms with van der Waals surface area (Å²) >= 11 is 0. The molecule has 0 radical (unpaired) electrons. The fourth-order valence-corrected chi connectivity index (χ4v) is 4.56.